The molecule has 0 aromatic carbocycles. The fourth-order valence-electron chi connectivity index (χ4n) is 4.18. The molecule has 0 spiro atoms. The molecular weight excluding hydrogens is 495 g/mol. The summed E-state index contributed by atoms with van der Waals surface area (Å²) >= 11 is 0. The van der Waals surface area contributed by atoms with E-state index in [0.29, 0.717) is 12.0 Å². The van der Waals surface area contributed by atoms with Crippen LogP contribution in [-0.4, -0.2) is 93.3 Å². The summed E-state index contributed by atoms with van der Waals surface area (Å²) in [5, 5.41) is 6.83. The number of rotatable bonds is 10. The first-order valence-corrected chi connectivity index (χ1v) is 11.4. The lowest BCUT2D eigenvalue weighted by Gasteiger charge is -2.36. The van der Waals surface area contributed by atoms with E-state index in [0.717, 1.165) is 90.8 Å². The fraction of sp³-hybridized carbons (Fsp3) is 0.905. The van der Waals surface area contributed by atoms with Crippen LogP contribution >= 0.6 is 24.0 Å². The van der Waals surface area contributed by atoms with Crippen molar-refractivity contribution < 1.29 is 9.53 Å². The minimum Gasteiger partial charge on any atom is -0.379 e. The van der Waals surface area contributed by atoms with E-state index >= 15 is 0 Å². The topological polar surface area (TPSA) is 95.2 Å². The number of hydrogen-bond donors (Lipinski definition) is 3. The minimum absolute atomic E-state index is 0. The molecule has 0 aromatic rings. The van der Waals surface area contributed by atoms with Gasteiger partial charge in [0.25, 0.3) is 0 Å². The van der Waals surface area contributed by atoms with Gasteiger partial charge in [0.15, 0.2) is 5.96 Å². The molecule has 2 atom stereocenters. The van der Waals surface area contributed by atoms with Crippen molar-refractivity contribution in [1.82, 2.24) is 20.4 Å². The van der Waals surface area contributed by atoms with Gasteiger partial charge >= 0.3 is 0 Å². The summed E-state index contributed by atoms with van der Waals surface area (Å²) in [6, 6.07) is 0.438. The summed E-state index contributed by atoms with van der Waals surface area (Å²) in [5.74, 6) is 1.30. The molecule has 0 aliphatic carbocycles. The van der Waals surface area contributed by atoms with Crippen LogP contribution in [0, 0.1) is 11.8 Å². The van der Waals surface area contributed by atoms with Gasteiger partial charge in [-0.1, -0.05) is 13.8 Å². The number of primary amides is 1. The van der Waals surface area contributed by atoms with E-state index in [1.165, 1.54) is 0 Å². The highest BCUT2D eigenvalue weighted by atomic mass is 127. The van der Waals surface area contributed by atoms with Gasteiger partial charge in [-0.15, -0.1) is 24.0 Å². The Bertz CT molecular complexity index is 514. The number of nitrogens with zero attached hydrogens (tertiary/aromatic N) is 3. The minimum atomic E-state index is -0.158. The maximum atomic E-state index is 11.4. The predicted molar refractivity (Wildman–Crippen MR) is 133 cm³/mol. The molecule has 2 heterocycles. The van der Waals surface area contributed by atoms with Gasteiger partial charge in [0, 0.05) is 38.8 Å². The van der Waals surface area contributed by atoms with Crippen molar-refractivity contribution in [3.05, 3.63) is 0 Å². The smallest absolute Gasteiger partial charge is 0.221 e. The Morgan fingerprint density at radius 1 is 1.23 bits per heavy atom. The summed E-state index contributed by atoms with van der Waals surface area (Å²) in [7, 11) is 0. The van der Waals surface area contributed by atoms with E-state index in [1.807, 2.05) is 0 Å². The lowest BCUT2D eigenvalue weighted by Crippen LogP contribution is -2.48. The lowest BCUT2D eigenvalue weighted by molar-refractivity contribution is -0.123. The van der Waals surface area contributed by atoms with Crippen LogP contribution in [0.15, 0.2) is 4.99 Å². The quantitative estimate of drug-likeness (QED) is 0.167. The van der Waals surface area contributed by atoms with E-state index < -0.39 is 0 Å². The maximum Gasteiger partial charge on any atom is 0.221 e. The molecule has 8 nitrogen and oxygen atoms in total. The summed E-state index contributed by atoms with van der Waals surface area (Å²) in [4.78, 5) is 21.2. The van der Waals surface area contributed by atoms with Crippen molar-refractivity contribution >= 4 is 35.8 Å². The first-order chi connectivity index (χ1) is 14.0. The monoisotopic (exact) mass is 538 g/mol. The van der Waals surface area contributed by atoms with Crippen molar-refractivity contribution in [3.63, 3.8) is 0 Å². The van der Waals surface area contributed by atoms with Crippen LogP contribution in [0.3, 0.4) is 0 Å². The van der Waals surface area contributed by atoms with Crippen molar-refractivity contribution in [2.75, 3.05) is 65.6 Å². The number of nitrogens with two attached hydrogens (primary N) is 1. The third-order valence-corrected chi connectivity index (χ3v) is 5.92. The number of nitrogens with one attached hydrogen (secondary N) is 2. The van der Waals surface area contributed by atoms with Gasteiger partial charge in [0.1, 0.15) is 0 Å². The zero-order valence-electron chi connectivity index (χ0n) is 19.1. The lowest BCUT2D eigenvalue weighted by atomic mass is 9.97. The van der Waals surface area contributed by atoms with Crippen molar-refractivity contribution in [3.8, 4) is 0 Å². The molecule has 0 bridgehead atoms. The number of carbonyl (C=O) groups excluding carboxylic acids is 1. The Kier molecular flexibility index (Phi) is 13.9. The van der Waals surface area contributed by atoms with E-state index in [4.69, 9.17) is 15.5 Å². The van der Waals surface area contributed by atoms with E-state index in [1.54, 1.807) is 0 Å². The molecule has 0 radical (unpaired) electrons. The van der Waals surface area contributed by atoms with Crippen LogP contribution in [0.2, 0.25) is 0 Å². The number of morpholine rings is 1. The Morgan fingerprint density at radius 2 is 1.97 bits per heavy atom. The second-order valence-corrected chi connectivity index (χ2v) is 8.50. The zero-order valence-corrected chi connectivity index (χ0v) is 21.4. The standard InChI is InChI=1S/C21H42N6O2.HI/c1-4-23-21(25-15-19(17(2)3)27-11-13-29-14-12-27)24-8-6-10-26-9-5-7-18(16-26)20(22)28;/h17-19H,4-16H2,1-3H3,(H2,22,28)(H2,23,24,25);1H. The number of halogens is 1. The molecule has 2 aliphatic heterocycles. The van der Waals surface area contributed by atoms with Crippen molar-refractivity contribution in [2.45, 2.75) is 46.1 Å². The summed E-state index contributed by atoms with van der Waals surface area (Å²) < 4.78 is 5.50. The Morgan fingerprint density at radius 3 is 2.60 bits per heavy atom. The molecule has 0 saturated carbocycles. The van der Waals surface area contributed by atoms with Crippen molar-refractivity contribution in [1.29, 1.82) is 0 Å². The number of ether oxygens (including phenoxy) is 1. The molecule has 2 unspecified atom stereocenters. The molecule has 4 N–H and O–H groups in total. The number of carbonyl (C=O) groups is 1. The van der Waals surface area contributed by atoms with Crippen LogP contribution in [0.1, 0.15) is 40.0 Å². The molecular formula is C21H43IN6O2. The molecule has 2 saturated heterocycles. The largest absolute Gasteiger partial charge is 0.379 e. The SMILES string of the molecule is CCNC(=NCC(C(C)C)N1CCOCC1)NCCCN1CCCC(C(N)=O)C1.I. The van der Waals surface area contributed by atoms with Gasteiger partial charge in [0.2, 0.25) is 5.91 Å². The van der Waals surface area contributed by atoms with Crippen LogP contribution in [0.4, 0.5) is 0 Å². The average molecular weight is 539 g/mol. The highest BCUT2D eigenvalue weighted by molar-refractivity contribution is 14.0. The number of aliphatic imine (C=N–C) groups is 1. The molecule has 30 heavy (non-hydrogen) atoms. The number of hydrogen-bond acceptors (Lipinski definition) is 5. The summed E-state index contributed by atoms with van der Waals surface area (Å²) in [6.07, 6.45) is 3.01. The molecule has 9 heteroatoms. The highest BCUT2D eigenvalue weighted by Crippen LogP contribution is 2.16. The summed E-state index contributed by atoms with van der Waals surface area (Å²) in [5.41, 5.74) is 5.48. The van der Waals surface area contributed by atoms with Crippen LogP contribution < -0.4 is 16.4 Å². The van der Waals surface area contributed by atoms with E-state index in [2.05, 4.69) is 41.2 Å². The van der Waals surface area contributed by atoms with Gasteiger partial charge in [-0.2, -0.15) is 0 Å². The van der Waals surface area contributed by atoms with Gasteiger partial charge in [0.05, 0.1) is 25.7 Å². The summed E-state index contributed by atoms with van der Waals surface area (Å²) in [6.45, 7) is 15.6. The zero-order chi connectivity index (χ0) is 21.1. The first kappa shape index (κ1) is 27.4. The number of guanidine groups is 1. The van der Waals surface area contributed by atoms with E-state index in [9.17, 15) is 4.79 Å². The molecule has 2 fully saturated rings. The Labute approximate surface area is 199 Å². The van der Waals surface area contributed by atoms with Crippen LogP contribution in [0.25, 0.3) is 0 Å². The van der Waals surface area contributed by atoms with Gasteiger partial charge in [-0.3, -0.25) is 14.7 Å². The molecule has 1 amide bonds. The molecule has 2 aliphatic rings. The van der Waals surface area contributed by atoms with Gasteiger partial charge in [-0.05, 0) is 45.2 Å². The third kappa shape index (κ3) is 9.65. The van der Waals surface area contributed by atoms with Crippen LogP contribution in [-0.2, 0) is 9.53 Å². The highest BCUT2D eigenvalue weighted by Gasteiger charge is 2.24. The molecule has 2 rings (SSSR count). The first-order valence-electron chi connectivity index (χ1n) is 11.4. The Hall–Kier alpha value is -0.650. The predicted octanol–water partition coefficient (Wildman–Crippen LogP) is 1.10. The second-order valence-electron chi connectivity index (χ2n) is 8.50. The number of amides is 1. The van der Waals surface area contributed by atoms with E-state index in [-0.39, 0.29) is 35.8 Å². The van der Waals surface area contributed by atoms with Crippen molar-refractivity contribution in [2.24, 2.45) is 22.6 Å². The second kappa shape index (κ2) is 15.2. The van der Waals surface area contributed by atoms with Gasteiger partial charge in [-0.25, -0.2) is 0 Å². The van der Waals surface area contributed by atoms with Gasteiger partial charge < -0.3 is 26.0 Å². The molecule has 0 aromatic heterocycles. The average Bonchev–Trinajstić information content (AvgIpc) is 2.72. The Balaban J connectivity index is 0.00000450. The maximum absolute atomic E-state index is 11.4. The fourth-order valence-corrected chi connectivity index (χ4v) is 4.18. The molecule has 176 valence electrons. The van der Waals surface area contributed by atoms with Crippen LogP contribution in [0.5, 0.6) is 0 Å². The number of likely N-dealkylation sites (tertiary alicyclic amines) is 1. The number of piperidine rings is 1. The third-order valence-electron chi connectivity index (χ3n) is 5.92. The normalized spacial score (nSPS) is 22.4.